The summed E-state index contributed by atoms with van der Waals surface area (Å²) >= 11 is 5.17. The molecule has 0 aliphatic rings. The number of thiocarbonyl (C=S) groups is 1. The molecule has 80 valence electrons. The van der Waals surface area contributed by atoms with Crippen LogP contribution in [0.15, 0.2) is 60.9 Å². The van der Waals surface area contributed by atoms with Gasteiger partial charge in [-0.15, -0.1) is 5.43 Å². The van der Waals surface area contributed by atoms with Gasteiger partial charge < -0.3 is 5.32 Å². The fraction of sp³-hybridized carbons (Fsp3) is 0. The summed E-state index contributed by atoms with van der Waals surface area (Å²) in [4.78, 5) is 0. The van der Waals surface area contributed by atoms with Crippen molar-refractivity contribution in [2.45, 2.75) is 0 Å². The van der Waals surface area contributed by atoms with Gasteiger partial charge in [-0.3, -0.25) is 0 Å². The van der Waals surface area contributed by atoms with Crippen LogP contribution >= 0.6 is 12.2 Å². The Morgan fingerprint density at radius 2 is 1.56 bits per heavy atom. The highest BCUT2D eigenvalue weighted by molar-refractivity contribution is 7.80. The SMILES string of the molecule is S=C(Nc1ccccc1)N[n+]1ccccc1. The third-order valence-corrected chi connectivity index (χ3v) is 2.17. The van der Waals surface area contributed by atoms with Crippen molar-refractivity contribution in [1.82, 2.24) is 0 Å². The van der Waals surface area contributed by atoms with Gasteiger partial charge in [-0.1, -0.05) is 28.9 Å². The zero-order valence-electron chi connectivity index (χ0n) is 8.63. The summed E-state index contributed by atoms with van der Waals surface area (Å²) in [6.07, 6.45) is 3.78. The first-order chi connectivity index (χ1) is 7.84. The summed E-state index contributed by atoms with van der Waals surface area (Å²) in [6.45, 7) is 0. The Labute approximate surface area is 99.7 Å². The van der Waals surface area contributed by atoms with Crippen LogP contribution < -0.4 is 15.4 Å². The minimum absolute atomic E-state index is 0.558. The maximum Gasteiger partial charge on any atom is 0.228 e. The average Bonchev–Trinajstić information content (AvgIpc) is 2.31. The van der Waals surface area contributed by atoms with Crippen LogP contribution in [0.25, 0.3) is 0 Å². The molecule has 1 aromatic heterocycles. The van der Waals surface area contributed by atoms with Crippen LogP contribution in [0.4, 0.5) is 5.69 Å². The summed E-state index contributed by atoms with van der Waals surface area (Å²) in [5.41, 5.74) is 4.00. The molecule has 0 radical (unpaired) electrons. The van der Waals surface area contributed by atoms with Gasteiger partial charge in [-0.25, -0.2) is 0 Å². The van der Waals surface area contributed by atoms with Crippen molar-refractivity contribution >= 4 is 23.0 Å². The Morgan fingerprint density at radius 1 is 0.938 bits per heavy atom. The van der Waals surface area contributed by atoms with Gasteiger partial charge in [0, 0.05) is 17.8 Å². The number of nitrogens with one attached hydrogen (secondary N) is 2. The number of rotatable bonds is 2. The molecule has 1 aromatic carbocycles. The number of pyridine rings is 1. The highest BCUT2D eigenvalue weighted by atomic mass is 32.1. The molecule has 0 fully saturated rings. The van der Waals surface area contributed by atoms with E-state index < -0.39 is 0 Å². The van der Waals surface area contributed by atoms with E-state index >= 15 is 0 Å². The van der Waals surface area contributed by atoms with Gasteiger partial charge in [0.05, 0.1) is 0 Å². The molecule has 0 amide bonds. The molecule has 0 atom stereocenters. The van der Waals surface area contributed by atoms with E-state index in [0.29, 0.717) is 5.11 Å². The number of para-hydroxylation sites is 1. The number of hydrogen-bond acceptors (Lipinski definition) is 1. The second-order valence-electron chi connectivity index (χ2n) is 3.21. The van der Waals surface area contributed by atoms with Gasteiger partial charge in [0.15, 0.2) is 12.4 Å². The Kier molecular flexibility index (Phi) is 3.46. The van der Waals surface area contributed by atoms with E-state index in [1.165, 1.54) is 0 Å². The van der Waals surface area contributed by atoms with Crippen molar-refractivity contribution in [3.63, 3.8) is 0 Å². The molecular weight excluding hydrogens is 218 g/mol. The van der Waals surface area contributed by atoms with Crippen molar-refractivity contribution in [2.75, 3.05) is 10.7 Å². The first kappa shape index (κ1) is 10.6. The minimum atomic E-state index is 0.558. The second-order valence-corrected chi connectivity index (χ2v) is 3.62. The summed E-state index contributed by atoms with van der Waals surface area (Å²) in [6, 6.07) is 15.6. The van der Waals surface area contributed by atoms with E-state index in [1.54, 1.807) is 4.68 Å². The largest absolute Gasteiger partial charge is 0.328 e. The van der Waals surface area contributed by atoms with Crippen LogP contribution in [0.5, 0.6) is 0 Å². The van der Waals surface area contributed by atoms with Crippen LogP contribution in [0.3, 0.4) is 0 Å². The van der Waals surface area contributed by atoms with Crippen molar-refractivity contribution in [3.05, 3.63) is 60.9 Å². The number of aromatic nitrogens is 1. The zero-order valence-corrected chi connectivity index (χ0v) is 9.45. The smallest absolute Gasteiger partial charge is 0.228 e. The Bertz CT molecular complexity index is 413. The molecule has 3 nitrogen and oxygen atoms in total. The van der Waals surface area contributed by atoms with Crippen LogP contribution in [0.2, 0.25) is 0 Å². The van der Waals surface area contributed by atoms with Crippen LogP contribution in [0.1, 0.15) is 0 Å². The number of anilines is 1. The molecule has 0 aliphatic heterocycles. The van der Waals surface area contributed by atoms with Crippen molar-refractivity contribution in [3.8, 4) is 0 Å². The monoisotopic (exact) mass is 230 g/mol. The maximum absolute atomic E-state index is 5.17. The summed E-state index contributed by atoms with van der Waals surface area (Å²) in [5, 5.41) is 3.65. The van der Waals surface area contributed by atoms with Gasteiger partial charge in [-0.05, 0) is 24.4 Å². The number of hydrogen-bond donors (Lipinski definition) is 2. The molecule has 4 heteroatoms. The van der Waals surface area contributed by atoms with Crippen LogP contribution in [0, 0.1) is 0 Å². The highest BCUT2D eigenvalue weighted by Gasteiger charge is 2.01. The molecule has 2 aromatic rings. The van der Waals surface area contributed by atoms with E-state index in [-0.39, 0.29) is 0 Å². The van der Waals surface area contributed by atoms with E-state index in [1.807, 2.05) is 60.9 Å². The minimum Gasteiger partial charge on any atom is -0.328 e. The number of nitrogens with zero attached hydrogens (tertiary/aromatic N) is 1. The molecule has 0 unspecified atom stereocenters. The van der Waals surface area contributed by atoms with Crippen molar-refractivity contribution in [2.24, 2.45) is 0 Å². The summed E-state index contributed by atoms with van der Waals surface area (Å²) in [5.74, 6) is 0. The fourth-order valence-electron chi connectivity index (χ4n) is 1.27. The molecule has 0 spiro atoms. The lowest BCUT2D eigenvalue weighted by Gasteiger charge is -2.05. The molecule has 2 N–H and O–H groups in total. The lowest BCUT2D eigenvalue weighted by Crippen LogP contribution is -2.49. The molecule has 0 saturated carbocycles. The van der Waals surface area contributed by atoms with Crippen molar-refractivity contribution < 1.29 is 4.68 Å². The number of benzene rings is 1. The van der Waals surface area contributed by atoms with E-state index in [0.717, 1.165) is 5.69 Å². The fourth-order valence-corrected chi connectivity index (χ4v) is 1.49. The van der Waals surface area contributed by atoms with Gasteiger partial charge in [0.2, 0.25) is 5.11 Å². The maximum atomic E-state index is 5.17. The van der Waals surface area contributed by atoms with E-state index in [2.05, 4.69) is 10.7 Å². The normalized spacial score (nSPS) is 9.50. The predicted octanol–water partition coefficient (Wildman–Crippen LogP) is 1.91. The van der Waals surface area contributed by atoms with Gasteiger partial charge in [0.1, 0.15) is 0 Å². The van der Waals surface area contributed by atoms with E-state index in [4.69, 9.17) is 12.2 Å². The Hall–Kier alpha value is -1.94. The summed E-state index contributed by atoms with van der Waals surface area (Å²) in [7, 11) is 0. The average molecular weight is 230 g/mol. The predicted molar refractivity (Wildman–Crippen MR) is 68.7 cm³/mol. The third-order valence-electron chi connectivity index (χ3n) is 1.98. The van der Waals surface area contributed by atoms with E-state index in [9.17, 15) is 0 Å². The zero-order chi connectivity index (χ0) is 11.2. The first-order valence-electron chi connectivity index (χ1n) is 4.94. The topological polar surface area (TPSA) is 27.9 Å². The summed E-state index contributed by atoms with van der Waals surface area (Å²) < 4.78 is 1.79. The lowest BCUT2D eigenvalue weighted by atomic mass is 10.3. The van der Waals surface area contributed by atoms with Crippen molar-refractivity contribution in [1.29, 1.82) is 0 Å². The van der Waals surface area contributed by atoms with Gasteiger partial charge >= 0.3 is 0 Å². The standard InChI is InChI=1S/C12H11N3S/c16-12(13-11-7-3-1-4-8-11)14-15-9-5-2-6-10-15/h1-10H,(H-,13,14,16)/p+1. The Balaban J connectivity index is 1.95. The molecule has 0 bridgehead atoms. The van der Waals surface area contributed by atoms with Gasteiger partial charge in [-0.2, -0.15) is 0 Å². The molecule has 0 saturated heterocycles. The molecule has 2 rings (SSSR count). The highest BCUT2D eigenvalue weighted by Crippen LogP contribution is 2.03. The molecule has 16 heavy (non-hydrogen) atoms. The van der Waals surface area contributed by atoms with Crippen LogP contribution in [-0.4, -0.2) is 5.11 Å². The quantitative estimate of drug-likeness (QED) is 0.610. The van der Waals surface area contributed by atoms with Gasteiger partial charge in [0.25, 0.3) is 0 Å². The first-order valence-corrected chi connectivity index (χ1v) is 5.35. The van der Waals surface area contributed by atoms with Crippen LogP contribution in [-0.2, 0) is 0 Å². The molecule has 1 heterocycles. The molecule has 0 aliphatic carbocycles. The third kappa shape index (κ3) is 3.03. The lowest BCUT2D eigenvalue weighted by molar-refractivity contribution is -0.640. The second kappa shape index (κ2) is 5.23. The molecular formula is C12H12N3S+. The Morgan fingerprint density at radius 3 is 2.25 bits per heavy atom.